The van der Waals surface area contributed by atoms with Crippen LogP contribution in [0.3, 0.4) is 0 Å². The number of piperidine rings is 1. The summed E-state index contributed by atoms with van der Waals surface area (Å²) in [4.78, 5) is 14.0. The molecule has 0 aliphatic carbocycles. The monoisotopic (exact) mass is 270 g/mol. The molecule has 5 nitrogen and oxygen atoms in total. The third-order valence-corrected chi connectivity index (χ3v) is 4.05. The summed E-state index contributed by atoms with van der Waals surface area (Å²) in [5.41, 5.74) is -0.669. The average molecular weight is 270 g/mol. The van der Waals surface area contributed by atoms with E-state index in [4.69, 9.17) is 4.74 Å². The molecule has 2 fully saturated rings. The van der Waals surface area contributed by atoms with Gasteiger partial charge in [0, 0.05) is 32.3 Å². The van der Waals surface area contributed by atoms with E-state index in [0.29, 0.717) is 45.1 Å². The number of amides is 1. The van der Waals surface area contributed by atoms with Crippen LogP contribution in [0.25, 0.3) is 0 Å². The van der Waals surface area contributed by atoms with Crippen molar-refractivity contribution in [1.29, 1.82) is 0 Å². The highest BCUT2D eigenvalue weighted by Crippen LogP contribution is 2.24. The lowest BCUT2D eigenvalue weighted by atomic mass is 9.91. The van der Waals surface area contributed by atoms with Crippen molar-refractivity contribution in [3.63, 3.8) is 0 Å². The van der Waals surface area contributed by atoms with Gasteiger partial charge >= 0.3 is 0 Å². The zero-order valence-corrected chi connectivity index (χ0v) is 12.0. The number of carbonyl (C=O) groups excluding carboxylic acids is 1. The Labute approximate surface area is 115 Å². The predicted molar refractivity (Wildman–Crippen MR) is 72.9 cm³/mol. The molecular formula is C14H26N2O3. The lowest BCUT2D eigenvalue weighted by Crippen LogP contribution is -2.53. The Morgan fingerprint density at radius 2 is 2.16 bits per heavy atom. The van der Waals surface area contributed by atoms with E-state index in [-0.39, 0.29) is 12.0 Å². The van der Waals surface area contributed by atoms with Crippen molar-refractivity contribution in [3.8, 4) is 0 Å². The molecule has 0 radical (unpaired) electrons. The maximum atomic E-state index is 12.2. The summed E-state index contributed by atoms with van der Waals surface area (Å²) in [6.45, 7) is 6.71. The van der Waals surface area contributed by atoms with E-state index in [1.807, 2.05) is 4.90 Å². The standard InChI is InChI=1S/C14H26N2O3/c1-11(2)15-10-14(18)5-7-16(8-6-14)13(17)12-4-3-9-19-12/h11-12,15,18H,3-10H2,1-2H3. The molecule has 2 heterocycles. The highest BCUT2D eigenvalue weighted by molar-refractivity contribution is 5.81. The fourth-order valence-corrected chi connectivity index (χ4v) is 2.69. The van der Waals surface area contributed by atoms with Gasteiger partial charge in [-0.15, -0.1) is 0 Å². The van der Waals surface area contributed by atoms with E-state index in [0.717, 1.165) is 12.8 Å². The van der Waals surface area contributed by atoms with E-state index in [1.165, 1.54) is 0 Å². The first kappa shape index (κ1) is 14.8. The molecule has 110 valence electrons. The highest BCUT2D eigenvalue weighted by atomic mass is 16.5. The van der Waals surface area contributed by atoms with Crippen LogP contribution in [0.5, 0.6) is 0 Å². The van der Waals surface area contributed by atoms with Gasteiger partial charge < -0.3 is 20.1 Å². The largest absolute Gasteiger partial charge is 0.388 e. The van der Waals surface area contributed by atoms with Crippen molar-refractivity contribution in [2.75, 3.05) is 26.2 Å². The van der Waals surface area contributed by atoms with E-state index >= 15 is 0 Å². The zero-order valence-electron chi connectivity index (χ0n) is 12.0. The Hall–Kier alpha value is -0.650. The summed E-state index contributed by atoms with van der Waals surface area (Å²) >= 11 is 0. The molecule has 1 atom stereocenters. The van der Waals surface area contributed by atoms with Crippen molar-refractivity contribution >= 4 is 5.91 Å². The van der Waals surface area contributed by atoms with Gasteiger partial charge in [0.1, 0.15) is 6.10 Å². The van der Waals surface area contributed by atoms with Crippen molar-refractivity contribution in [3.05, 3.63) is 0 Å². The van der Waals surface area contributed by atoms with E-state index in [9.17, 15) is 9.90 Å². The smallest absolute Gasteiger partial charge is 0.251 e. The van der Waals surface area contributed by atoms with Crippen LogP contribution in [0.4, 0.5) is 0 Å². The Morgan fingerprint density at radius 3 is 2.68 bits per heavy atom. The van der Waals surface area contributed by atoms with Gasteiger partial charge in [0.15, 0.2) is 0 Å². The molecule has 0 aromatic heterocycles. The van der Waals surface area contributed by atoms with Crippen LogP contribution in [0.2, 0.25) is 0 Å². The van der Waals surface area contributed by atoms with Crippen molar-refractivity contribution in [2.24, 2.45) is 0 Å². The normalized spacial score (nSPS) is 26.9. The minimum Gasteiger partial charge on any atom is -0.388 e. The summed E-state index contributed by atoms with van der Waals surface area (Å²) in [6, 6.07) is 0.371. The molecular weight excluding hydrogens is 244 g/mol. The molecule has 0 aromatic carbocycles. The fraction of sp³-hybridized carbons (Fsp3) is 0.929. The molecule has 0 aromatic rings. The van der Waals surface area contributed by atoms with Crippen LogP contribution in [0, 0.1) is 0 Å². The van der Waals surface area contributed by atoms with Crippen molar-refractivity contribution < 1.29 is 14.6 Å². The molecule has 5 heteroatoms. The van der Waals surface area contributed by atoms with Gasteiger partial charge in [0.2, 0.25) is 0 Å². The number of hydrogen-bond donors (Lipinski definition) is 2. The molecule has 2 rings (SSSR count). The minimum absolute atomic E-state index is 0.108. The SMILES string of the molecule is CC(C)NCC1(O)CCN(C(=O)C2CCCO2)CC1. The molecule has 1 amide bonds. The molecule has 19 heavy (non-hydrogen) atoms. The Morgan fingerprint density at radius 1 is 1.47 bits per heavy atom. The van der Waals surface area contributed by atoms with Gasteiger partial charge in [-0.3, -0.25) is 4.79 Å². The third-order valence-electron chi connectivity index (χ3n) is 4.05. The van der Waals surface area contributed by atoms with E-state index < -0.39 is 5.60 Å². The second-order valence-corrected chi connectivity index (χ2v) is 6.09. The first-order valence-corrected chi connectivity index (χ1v) is 7.36. The first-order valence-electron chi connectivity index (χ1n) is 7.36. The van der Waals surface area contributed by atoms with Gasteiger partial charge in [0.25, 0.3) is 5.91 Å². The quantitative estimate of drug-likeness (QED) is 0.782. The van der Waals surface area contributed by atoms with Crippen LogP contribution in [-0.2, 0) is 9.53 Å². The third kappa shape index (κ3) is 3.91. The number of ether oxygens (including phenoxy) is 1. The van der Waals surface area contributed by atoms with Crippen LogP contribution in [0.1, 0.15) is 39.5 Å². The lowest BCUT2D eigenvalue weighted by molar-refractivity contribution is -0.145. The van der Waals surface area contributed by atoms with Gasteiger partial charge in [-0.05, 0) is 25.7 Å². The Bertz CT molecular complexity index is 306. The molecule has 2 saturated heterocycles. The molecule has 0 spiro atoms. The van der Waals surface area contributed by atoms with Crippen molar-refractivity contribution in [2.45, 2.75) is 57.3 Å². The number of rotatable bonds is 4. The Balaban J connectivity index is 1.79. The summed E-state index contributed by atoms with van der Waals surface area (Å²) in [6.07, 6.45) is 2.87. The number of carbonyl (C=O) groups is 1. The second-order valence-electron chi connectivity index (χ2n) is 6.09. The number of hydrogen-bond acceptors (Lipinski definition) is 4. The minimum atomic E-state index is -0.669. The summed E-state index contributed by atoms with van der Waals surface area (Å²) in [5, 5.41) is 13.7. The number of likely N-dealkylation sites (tertiary alicyclic amines) is 1. The van der Waals surface area contributed by atoms with E-state index in [1.54, 1.807) is 0 Å². The van der Waals surface area contributed by atoms with E-state index in [2.05, 4.69) is 19.2 Å². The van der Waals surface area contributed by atoms with Gasteiger partial charge in [-0.1, -0.05) is 13.8 Å². The lowest BCUT2D eigenvalue weighted by Gasteiger charge is -2.39. The van der Waals surface area contributed by atoms with Crippen molar-refractivity contribution in [1.82, 2.24) is 10.2 Å². The average Bonchev–Trinajstić information content (AvgIpc) is 2.91. The predicted octanol–water partition coefficient (Wildman–Crippen LogP) is 0.517. The van der Waals surface area contributed by atoms with Crippen LogP contribution >= 0.6 is 0 Å². The summed E-state index contributed by atoms with van der Waals surface area (Å²) in [7, 11) is 0. The fourth-order valence-electron chi connectivity index (χ4n) is 2.69. The molecule has 0 saturated carbocycles. The topological polar surface area (TPSA) is 61.8 Å². The van der Waals surface area contributed by atoms with Gasteiger partial charge in [-0.25, -0.2) is 0 Å². The summed E-state index contributed by atoms with van der Waals surface area (Å²) in [5.74, 6) is 0.108. The Kier molecular flexibility index (Phi) is 4.81. The number of aliphatic hydroxyl groups is 1. The maximum Gasteiger partial charge on any atom is 0.251 e. The number of nitrogens with one attached hydrogen (secondary N) is 1. The van der Waals surface area contributed by atoms with Crippen LogP contribution in [-0.4, -0.2) is 59.9 Å². The molecule has 1 unspecified atom stereocenters. The molecule has 2 N–H and O–H groups in total. The van der Waals surface area contributed by atoms with Crippen LogP contribution in [0.15, 0.2) is 0 Å². The van der Waals surface area contributed by atoms with Gasteiger partial charge in [0.05, 0.1) is 5.60 Å². The number of nitrogens with zero attached hydrogens (tertiary/aromatic N) is 1. The zero-order chi connectivity index (χ0) is 13.9. The highest BCUT2D eigenvalue weighted by Gasteiger charge is 2.36. The molecule has 2 aliphatic rings. The van der Waals surface area contributed by atoms with Gasteiger partial charge in [-0.2, -0.15) is 0 Å². The molecule has 2 aliphatic heterocycles. The summed E-state index contributed by atoms with van der Waals surface area (Å²) < 4.78 is 5.43. The molecule has 0 bridgehead atoms. The first-order chi connectivity index (χ1) is 9.00. The van der Waals surface area contributed by atoms with Crippen LogP contribution < -0.4 is 5.32 Å². The second kappa shape index (κ2) is 6.20. The maximum absolute atomic E-state index is 12.2.